The van der Waals surface area contributed by atoms with E-state index < -0.39 is 11.7 Å². The SMILES string of the molecule is CC1CN(C)CCN1c1ccc(CO)cc1C(F)(F)F. The van der Waals surface area contributed by atoms with Gasteiger partial charge in [0.15, 0.2) is 0 Å². The maximum atomic E-state index is 13.2. The van der Waals surface area contributed by atoms with E-state index >= 15 is 0 Å². The molecule has 0 saturated carbocycles. The van der Waals surface area contributed by atoms with Gasteiger partial charge in [-0.05, 0) is 31.7 Å². The number of rotatable bonds is 2. The van der Waals surface area contributed by atoms with Crippen molar-refractivity contribution in [3.8, 4) is 0 Å². The molecule has 1 fully saturated rings. The van der Waals surface area contributed by atoms with Gasteiger partial charge in [0.2, 0.25) is 0 Å². The van der Waals surface area contributed by atoms with Crippen molar-refractivity contribution in [2.45, 2.75) is 25.7 Å². The van der Waals surface area contributed by atoms with Gasteiger partial charge in [0, 0.05) is 31.4 Å². The Balaban J connectivity index is 2.40. The highest BCUT2D eigenvalue weighted by Crippen LogP contribution is 2.38. The van der Waals surface area contributed by atoms with Crippen LogP contribution in [0.2, 0.25) is 0 Å². The van der Waals surface area contributed by atoms with Crippen LogP contribution < -0.4 is 4.90 Å². The summed E-state index contributed by atoms with van der Waals surface area (Å²) in [6.07, 6.45) is -4.41. The number of nitrogens with zero attached hydrogens (tertiary/aromatic N) is 2. The summed E-state index contributed by atoms with van der Waals surface area (Å²) in [6, 6.07) is 4.08. The van der Waals surface area contributed by atoms with Gasteiger partial charge in [-0.3, -0.25) is 0 Å². The van der Waals surface area contributed by atoms with Gasteiger partial charge >= 0.3 is 6.18 Å². The summed E-state index contributed by atoms with van der Waals surface area (Å²) in [5, 5.41) is 9.03. The van der Waals surface area contributed by atoms with Crippen LogP contribution in [0, 0.1) is 0 Å². The minimum Gasteiger partial charge on any atom is -0.392 e. The number of halogens is 3. The van der Waals surface area contributed by atoms with Crippen LogP contribution in [0.3, 0.4) is 0 Å². The largest absolute Gasteiger partial charge is 0.418 e. The first-order chi connectivity index (χ1) is 9.32. The van der Waals surface area contributed by atoms with Crippen LogP contribution in [-0.4, -0.2) is 42.7 Å². The number of hydrogen-bond acceptors (Lipinski definition) is 3. The smallest absolute Gasteiger partial charge is 0.392 e. The summed E-state index contributed by atoms with van der Waals surface area (Å²) >= 11 is 0. The summed E-state index contributed by atoms with van der Waals surface area (Å²) in [7, 11) is 1.97. The molecular weight excluding hydrogens is 269 g/mol. The van der Waals surface area contributed by atoms with Crippen molar-refractivity contribution < 1.29 is 18.3 Å². The minimum atomic E-state index is -4.41. The van der Waals surface area contributed by atoms with Gasteiger partial charge in [-0.25, -0.2) is 0 Å². The molecule has 0 spiro atoms. The number of aliphatic hydroxyl groups excluding tert-OH is 1. The first-order valence-electron chi connectivity index (χ1n) is 6.59. The van der Waals surface area contributed by atoms with Crippen LogP contribution in [-0.2, 0) is 12.8 Å². The molecule has 1 aliphatic rings. The fourth-order valence-electron chi connectivity index (χ4n) is 2.66. The maximum Gasteiger partial charge on any atom is 0.418 e. The second kappa shape index (κ2) is 5.61. The second-order valence-corrected chi connectivity index (χ2v) is 5.31. The highest BCUT2D eigenvalue weighted by Gasteiger charge is 2.36. The third-order valence-electron chi connectivity index (χ3n) is 3.69. The molecule has 3 nitrogen and oxygen atoms in total. The van der Waals surface area contributed by atoms with Crippen LogP contribution in [0.5, 0.6) is 0 Å². The lowest BCUT2D eigenvalue weighted by molar-refractivity contribution is -0.137. The molecule has 1 unspecified atom stereocenters. The van der Waals surface area contributed by atoms with Crippen LogP contribution in [0.4, 0.5) is 18.9 Å². The Kier molecular flexibility index (Phi) is 4.25. The average Bonchev–Trinajstić information content (AvgIpc) is 2.37. The summed E-state index contributed by atoms with van der Waals surface area (Å²) < 4.78 is 39.6. The van der Waals surface area contributed by atoms with E-state index in [0.29, 0.717) is 6.54 Å². The molecule has 0 aliphatic carbocycles. The van der Waals surface area contributed by atoms with Crippen molar-refractivity contribution in [3.63, 3.8) is 0 Å². The van der Waals surface area contributed by atoms with Crippen molar-refractivity contribution in [3.05, 3.63) is 29.3 Å². The topological polar surface area (TPSA) is 26.7 Å². The predicted molar refractivity (Wildman–Crippen MR) is 71.7 cm³/mol. The first kappa shape index (κ1) is 15.1. The Hall–Kier alpha value is -1.27. The molecule has 0 bridgehead atoms. The van der Waals surface area contributed by atoms with Crippen molar-refractivity contribution in [1.29, 1.82) is 0 Å². The number of alkyl halides is 3. The molecule has 0 aromatic heterocycles. The zero-order valence-corrected chi connectivity index (χ0v) is 11.6. The number of benzene rings is 1. The Morgan fingerprint density at radius 1 is 1.30 bits per heavy atom. The van der Waals surface area contributed by atoms with Gasteiger partial charge < -0.3 is 14.9 Å². The summed E-state index contributed by atoms with van der Waals surface area (Å²) in [5.74, 6) is 0. The van der Waals surface area contributed by atoms with Gasteiger partial charge in [0.25, 0.3) is 0 Å². The van der Waals surface area contributed by atoms with Gasteiger partial charge in [-0.15, -0.1) is 0 Å². The van der Waals surface area contributed by atoms with Gasteiger partial charge in [-0.1, -0.05) is 6.07 Å². The molecule has 20 heavy (non-hydrogen) atoms. The maximum absolute atomic E-state index is 13.2. The normalized spacial score (nSPS) is 21.3. The molecule has 1 N–H and O–H groups in total. The fraction of sp³-hybridized carbons (Fsp3) is 0.571. The molecular formula is C14H19F3N2O. The van der Waals surface area contributed by atoms with Crippen LogP contribution in [0.25, 0.3) is 0 Å². The minimum absolute atomic E-state index is 0.0230. The number of piperazine rings is 1. The highest BCUT2D eigenvalue weighted by molar-refractivity contribution is 5.57. The van der Waals surface area contributed by atoms with Crippen LogP contribution >= 0.6 is 0 Å². The first-order valence-corrected chi connectivity index (χ1v) is 6.59. The van der Waals surface area contributed by atoms with Gasteiger partial charge in [0.05, 0.1) is 12.2 Å². The molecule has 1 aromatic rings. The molecule has 0 amide bonds. The molecule has 1 heterocycles. The molecule has 1 aliphatic heterocycles. The molecule has 112 valence electrons. The van der Waals surface area contributed by atoms with Crippen molar-refractivity contribution in [2.75, 3.05) is 31.6 Å². The second-order valence-electron chi connectivity index (χ2n) is 5.31. The van der Waals surface area contributed by atoms with E-state index in [9.17, 15) is 13.2 Å². The lowest BCUT2D eigenvalue weighted by Crippen LogP contribution is -2.51. The van der Waals surface area contributed by atoms with E-state index in [0.717, 1.165) is 19.2 Å². The number of hydrogen-bond donors (Lipinski definition) is 1. The molecule has 1 atom stereocenters. The predicted octanol–water partition coefficient (Wildman–Crippen LogP) is 2.34. The monoisotopic (exact) mass is 288 g/mol. The van der Waals surface area contributed by atoms with E-state index in [1.165, 1.54) is 6.07 Å². The van der Waals surface area contributed by atoms with Gasteiger partial charge in [-0.2, -0.15) is 13.2 Å². The summed E-state index contributed by atoms with van der Waals surface area (Å²) in [5.41, 5.74) is -0.182. The molecule has 0 radical (unpaired) electrons. The average molecular weight is 288 g/mol. The fourth-order valence-corrected chi connectivity index (χ4v) is 2.66. The van der Waals surface area contributed by atoms with Crippen molar-refractivity contribution >= 4 is 5.69 Å². The van der Waals surface area contributed by atoms with Crippen molar-refractivity contribution in [2.24, 2.45) is 0 Å². The summed E-state index contributed by atoms with van der Waals surface area (Å²) in [6.45, 7) is 3.58. The lowest BCUT2D eigenvalue weighted by Gasteiger charge is -2.40. The molecule has 1 saturated heterocycles. The van der Waals surface area contributed by atoms with E-state index in [2.05, 4.69) is 4.90 Å². The van der Waals surface area contributed by atoms with Gasteiger partial charge in [0.1, 0.15) is 0 Å². The third kappa shape index (κ3) is 3.07. The van der Waals surface area contributed by atoms with E-state index in [-0.39, 0.29) is 23.9 Å². The van der Waals surface area contributed by atoms with Crippen molar-refractivity contribution in [1.82, 2.24) is 4.90 Å². The van der Waals surface area contributed by atoms with E-state index in [4.69, 9.17) is 5.11 Å². The highest BCUT2D eigenvalue weighted by atomic mass is 19.4. The molecule has 1 aromatic carbocycles. The Morgan fingerprint density at radius 2 is 2.00 bits per heavy atom. The summed E-state index contributed by atoms with van der Waals surface area (Å²) in [4.78, 5) is 3.90. The quantitative estimate of drug-likeness (QED) is 0.905. The lowest BCUT2D eigenvalue weighted by atomic mass is 10.0. The zero-order chi connectivity index (χ0) is 14.9. The van der Waals surface area contributed by atoms with Crippen LogP contribution in [0.1, 0.15) is 18.1 Å². The number of anilines is 1. The molecule has 2 rings (SSSR count). The third-order valence-corrected chi connectivity index (χ3v) is 3.69. The number of aliphatic hydroxyl groups is 1. The van der Waals surface area contributed by atoms with E-state index in [1.807, 2.05) is 14.0 Å². The Morgan fingerprint density at radius 3 is 2.55 bits per heavy atom. The molecule has 6 heteroatoms. The number of likely N-dealkylation sites (N-methyl/N-ethyl adjacent to an activating group) is 1. The zero-order valence-electron chi connectivity index (χ0n) is 11.6. The Labute approximate surface area is 116 Å². The Bertz CT molecular complexity index is 476. The van der Waals surface area contributed by atoms with E-state index in [1.54, 1.807) is 11.0 Å². The standard InChI is InChI=1S/C14H19F3N2O/c1-10-8-18(2)5-6-19(10)13-4-3-11(9-20)7-12(13)14(15,16)17/h3-4,7,10,20H,5-6,8-9H2,1-2H3. The van der Waals surface area contributed by atoms with Crippen LogP contribution in [0.15, 0.2) is 18.2 Å².